The smallest absolute Gasteiger partial charge is 0.326 e. The third kappa shape index (κ3) is 7.84. The Morgan fingerprint density at radius 3 is 2.07 bits per heavy atom. The van der Waals surface area contributed by atoms with Gasteiger partial charge in [0.2, 0.25) is 11.8 Å². The predicted molar refractivity (Wildman–Crippen MR) is 93.6 cm³/mol. The molecule has 3 atom stereocenters. The van der Waals surface area contributed by atoms with Crippen LogP contribution in [0.5, 0.6) is 0 Å². The van der Waals surface area contributed by atoms with Crippen molar-refractivity contribution in [2.45, 2.75) is 37.4 Å². The number of amides is 2. The number of aliphatic hydroxyl groups excluding tert-OH is 1. The Morgan fingerprint density at radius 2 is 1.56 bits per heavy atom. The summed E-state index contributed by atoms with van der Waals surface area (Å²) < 4.78 is 0. The summed E-state index contributed by atoms with van der Waals surface area (Å²) in [5, 5.41) is 31.7. The van der Waals surface area contributed by atoms with Gasteiger partial charge >= 0.3 is 11.9 Å². The minimum Gasteiger partial charge on any atom is -0.481 e. The lowest BCUT2D eigenvalue weighted by molar-refractivity contribution is -0.142. The zero-order chi connectivity index (χ0) is 20.4. The molecule has 1 rings (SSSR count). The van der Waals surface area contributed by atoms with E-state index in [4.69, 9.17) is 10.8 Å². The molecule has 0 spiro atoms. The van der Waals surface area contributed by atoms with Crippen LogP contribution in [0.1, 0.15) is 18.4 Å². The average Bonchev–Trinajstić information content (AvgIpc) is 2.63. The summed E-state index contributed by atoms with van der Waals surface area (Å²) >= 11 is 0. The first-order valence-corrected chi connectivity index (χ1v) is 8.20. The minimum absolute atomic E-state index is 0.0200. The van der Waals surface area contributed by atoms with Crippen molar-refractivity contribution in [2.24, 2.45) is 5.73 Å². The third-order valence-electron chi connectivity index (χ3n) is 3.72. The number of nitrogens with one attached hydrogen (secondary N) is 2. The number of nitrogens with two attached hydrogens (primary N) is 1. The van der Waals surface area contributed by atoms with E-state index in [1.807, 2.05) is 0 Å². The van der Waals surface area contributed by atoms with Gasteiger partial charge in [-0.2, -0.15) is 0 Å². The van der Waals surface area contributed by atoms with Gasteiger partial charge in [-0.1, -0.05) is 30.3 Å². The van der Waals surface area contributed by atoms with Gasteiger partial charge < -0.3 is 31.7 Å². The van der Waals surface area contributed by atoms with Gasteiger partial charge in [0.05, 0.1) is 12.6 Å². The Kier molecular flexibility index (Phi) is 8.90. The Morgan fingerprint density at radius 1 is 0.963 bits per heavy atom. The fraction of sp³-hybridized carbons (Fsp3) is 0.412. The van der Waals surface area contributed by atoms with Crippen LogP contribution < -0.4 is 16.4 Å². The van der Waals surface area contributed by atoms with Crippen molar-refractivity contribution in [2.75, 3.05) is 6.61 Å². The van der Waals surface area contributed by atoms with E-state index in [9.17, 15) is 29.4 Å². The fourth-order valence-corrected chi connectivity index (χ4v) is 2.21. The zero-order valence-electron chi connectivity index (χ0n) is 14.5. The van der Waals surface area contributed by atoms with E-state index in [2.05, 4.69) is 10.6 Å². The number of rotatable bonds is 11. The topological polar surface area (TPSA) is 179 Å². The molecule has 0 aliphatic carbocycles. The van der Waals surface area contributed by atoms with Crippen LogP contribution in [0.3, 0.4) is 0 Å². The van der Waals surface area contributed by atoms with Crippen molar-refractivity contribution in [3.63, 3.8) is 0 Å². The number of benzene rings is 1. The van der Waals surface area contributed by atoms with Crippen LogP contribution >= 0.6 is 0 Å². The van der Waals surface area contributed by atoms with Gasteiger partial charge in [-0.25, -0.2) is 4.79 Å². The molecular weight excluding hydrogens is 358 g/mol. The van der Waals surface area contributed by atoms with Crippen molar-refractivity contribution in [1.29, 1.82) is 0 Å². The summed E-state index contributed by atoms with van der Waals surface area (Å²) in [6.45, 7) is -0.777. The molecule has 0 bridgehead atoms. The van der Waals surface area contributed by atoms with E-state index in [1.165, 1.54) is 0 Å². The van der Waals surface area contributed by atoms with Crippen molar-refractivity contribution >= 4 is 23.8 Å². The number of hydrogen-bond acceptors (Lipinski definition) is 6. The normalized spacial score (nSPS) is 13.9. The summed E-state index contributed by atoms with van der Waals surface area (Å²) in [6.07, 6.45) is -0.457. The Labute approximate surface area is 155 Å². The number of carbonyl (C=O) groups excluding carboxylic acids is 2. The highest BCUT2D eigenvalue weighted by molar-refractivity contribution is 5.92. The fourth-order valence-electron chi connectivity index (χ4n) is 2.21. The number of carbonyl (C=O) groups is 4. The predicted octanol–water partition coefficient (Wildman–Crippen LogP) is -1.53. The lowest BCUT2D eigenvalue weighted by Gasteiger charge is -2.21. The second-order valence-electron chi connectivity index (χ2n) is 5.87. The molecule has 2 amide bonds. The number of aliphatic hydroxyl groups is 1. The summed E-state index contributed by atoms with van der Waals surface area (Å²) in [6, 6.07) is 4.78. The first kappa shape index (κ1) is 22.1. The molecule has 27 heavy (non-hydrogen) atoms. The van der Waals surface area contributed by atoms with Crippen LogP contribution in [0.15, 0.2) is 30.3 Å². The molecule has 1 aromatic rings. The second-order valence-corrected chi connectivity index (χ2v) is 5.87. The summed E-state index contributed by atoms with van der Waals surface area (Å²) in [4.78, 5) is 46.0. The van der Waals surface area contributed by atoms with Crippen LogP contribution in [0, 0.1) is 0 Å². The van der Waals surface area contributed by atoms with Crippen molar-refractivity contribution in [1.82, 2.24) is 10.6 Å². The summed E-state index contributed by atoms with van der Waals surface area (Å²) in [5.41, 5.74) is 6.22. The molecule has 148 valence electrons. The van der Waals surface area contributed by atoms with Crippen LogP contribution in [0.25, 0.3) is 0 Å². The van der Waals surface area contributed by atoms with E-state index in [-0.39, 0.29) is 19.3 Å². The highest BCUT2D eigenvalue weighted by atomic mass is 16.4. The molecule has 0 saturated heterocycles. The molecule has 0 unspecified atom stereocenters. The average molecular weight is 381 g/mol. The molecule has 0 saturated carbocycles. The Balaban J connectivity index is 2.67. The van der Waals surface area contributed by atoms with E-state index < -0.39 is 48.5 Å². The first-order chi connectivity index (χ1) is 12.7. The Hall–Kier alpha value is -2.98. The molecule has 7 N–H and O–H groups in total. The van der Waals surface area contributed by atoms with Gasteiger partial charge in [-0.15, -0.1) is 0 Å². The minimum atomic E-state index is -1.41. The molecule has 0 fully saturated rings. The van der Waals surface area contributed by atoms with E-state index in [0.717, 1.165) is 0 Å². The standard InChI is InChI=1S/C17H23N3O7/c18-11(6-7-14(22)23)15(24)20-13(9-21)16(25)19-12(17(26)27)8-10-4-2-1-3-5-10/h1-5,11-13,21H,6-9,18H2,(H,19,25)(H,20,24)(H,22,23)(H,26,27)/t11-,12-,13-/m0/s1. The summed E-state index contributed by atoms with van der Waals surface area (Å²) in [7, 11) is 0. The first-order valence-electron chi connectivity index (χ1n) is 8.20. The SMILES string of the molecule is N[C@@H](CCC(=O)O)C(=O)N[C@@H](CO)C(=O)N[C@@H](Cc1ccccc1)C(=O)O. The van der Waals surface area contributed by atoms with E-state index >= 15 is 0 Å². The zero-order valence-corrected chi connectivity index (χ0v) is 14.5. The van der Waals surface area contributed by atoms with Crippen LogP contribution in [0.4, 0.5) is 0 Å². The van der Waals surface area contributed by atoms with Crippen LogP contribution in [-0.4, -0.2) is 63.8 Å². The number of aliphatic carboxylic acids is 2. The molecule has 10 heteroatoms. The quantitative estimate of drug-likeness (QED) is 0.267. The maximum Gasteiger partial charge on any atom is 0.326 e. The van der Waals surface area contributed by atoms with Crippen molar-refractivity contribution in [3.8, 4) is 0 Å². The van der Waals surface area contributed by atoms with Crippen LogP contribution in [-0.2, 0) is 25.6 Å². The second kappa shape index (κ2) is 10.9. The van der Waals surface area contributed by atoms with Gasteiger partial charge in [0.25, 0.3) is 0 Å². The molecule has 0 aromatic heterocycles. The molecule has 0 heterocycles. The van der Waals surface area contributed by atoms with E-state index in [0.29, 0.717) is 5.56 Å². The highest BCUT2D eigenvalue weighted by Crippen LogP contribution is 2.04. The van der Waals surface area contributed by atoms with Crippen LogP contribution in [0.2, 0.25) is 0 Å². The van der Waals surface area contributed by atoms with Gasteiger partial charge in [-0.3, -0.25) is 14.4 Å². The number of hydrogen-bond donors (Lipinski definition) is 6. The van der Waals surface area contributed by atoms with Gasteiger partial charge in [-0.05, 0) is 12.0 Å². The number of carboxylic acid groups (broad SMARTS) is 2. The van der Waals surface area contributed by atoms with Gasteiger partial charge in [0, 0.05) is 12.8 Å². The molecule has 0 aliphatic rings. The lowest BCUT2D eigenvalue weighted by Crippen LogP contribution is -2.56. The molecule has 10 nitrogen and oxygen atoms in total. The highest BCUT2D eigenvalue weighted by Gasteiger charge is 2.27. The van der Waals surface area contributed by atoms with Crippen molar-refractivity contribution in [3.05, 3.63) is 35.9 Å². The third-order valence-corrected chi connectivity index (χ3v) is 3.72. The molecular formula is C17H23N3O7. The molecule has 0 aliphatic heterocycles. The van der Waals surface area contributed by atoms with Crippen molar-refractivity contribution < 1.29 is 34.5 Å². The number of carboxylic acids is 2. The summed E-state index contributed by atoms with van der Waals surface area (Å²) in [5.74, 6) is -4.10. The monoisotopic (exact) mass is 381 g/mol. The molecule has 1 aromatic carbocycles. The maximum absolute atomic E-state index is 12.2. The van der Waals surface area contributed by atoms with Gasteiger partial charge in [0.15, 0.2) is 0 Å². The molecule has 0 radical (unpaired) electrons. The largest absolute Gasteiger partial charge is 0.481 e. The lowest BCUT2D eigenvalue weighted by atomic mass is 10.1. The Bertz CT molecular complexity index is 666. The van der Waals surface area contributed by atoms with Gasteiger partial charge in [0.1, 0.15) is 12.1 Å². The maximum atomic E-state index is 12.2. The van der Waals surface area contributed by atoms with E-state index in [1.54, 1.807) is 30.3 Å².